The largest absolute Gasteiger partial charge is 0.257 e. The smallest absolute Gasteiger partial charge is 0.165 e. The van der Waals surface area contributed by atoms with Crippen molar-refractivity contribution in [2.24, 2.45) is 0 Å². The van der Waals surface area contributed by atoms with Crippen LogP contribution in [-0.2, 0) is 6.42 Å². The number of rotatable bonds is 9. The Morgan fingerprint density at radius 2 is 0.827 bits per heavy atom. The second kappa shape index (κ2) is 14.7. The molecule has 0 fully saturated rings. The van der Waals surface area contributed by atoms with Crippen molar-refractivity contribution in [2.45, 2.75) is 26.7 Å². The Morgan fingerprint density at radius 3 is 1.42 bits per heavy atom. The monoisotopic (exact) mass is 672 g/mol. The third-order valence-corrected chi connectivity index (χ3v) is 9.00. The van der Waals surface area contributed by atoms with Crippen molar-refractivity contribution in [2.75, 3.05) is 0 Å². The molecule has 0 spiro atoms. The fourth-order valence-corrected chi connectivity index (χ4v) is 6.35. The summed E-state index contributed by atoms with van der Waals surface area (Å²) < 4.78 is 0. The molecule has 3 aromatic heterocycles. The summed E-state index contributed by atoms with van der Waals surface area (Å²) in [6, 6.07) is 53.5. The fourth-order valence-electron chi connectivity index (χ4n) is 6.35. The highest BCUT2D eigenvalue weighted by Gasteiger charge is 2.16. The van der Waals surface area contributed by atoms with E-state index < -0.39 is 0 Å². The Morgan fingerprint density at radius 1 is 0.365 bits per heavy atom. The Labute approximate surface area is 304 Å². The van der Waals surface area contributed by atoms with Crippen LogP contribution in [0.15, 0.2) is 158 Å². The summed E-state index contributed by atoms with van der Waals surface area (Å²) in [5, 5.41) is 0. The van der Waals surface area contributed by atoms with Gasteiger partial charge >= 0.3 is 0 Å². The summed E-state index contributed by atoms with van der Waals surface area (Å²) in [5.74, 6) is 2.53. The number of pyridine rings is 1. The second-order valence-corrected chi connectivity index (χ2v) is 12.7. The lowest BCUT2D eigenvalue weighted by Gasteiger charge is -2.12. The van der Waals surface area contributed by atoms with Crippen molar-refractivity contribution in [3.8, 4) is 79.2 Å². The summed E-state index contributed by atoms with van der Waals surface area (Å²) in [6.45, 7) is 4.19. The minimum Gasteiger partial charge on any atom is -0.257 e. The second-order valence-electron chi connectivity index (χ2n) is 12.7. The normalized spacial score (nSPS) is 11.0. The average molecular weight is 673 g/mol. The first-order valence-electron chi connectivity index (χ1n) is 17.6. The SMILES string of the molecule is CCCc1ccc(-c2nc(-c3ccccc3)nc(-c3cccc(-c4cccc(-c5cc(-c6ccccc6)nc(-c6ccccc6)n5)c4)c3)n2)c(C)n1. The standard InChI is InChI=1S/C46H36N6/c1-3-15-39-26-27-40(31(2)47-39)46-51-44(34-20-11-6-12-21-34)50-45(52-46)38-25-14-23-36(29-38)35-22-13-24-37(28-35)42-30-41(32-16-7-4-8-17-32)48-43(49-42)33-18-9-5-10-19-33/h4-14,16-30H,3,15H2,1-2H3. The molecule has 0 atom stereocenters. The van der Waals surface area contributed by atoms with E-state index in [2.05, 4.69) is 85.8 Å². The van der Waals surface area contributed by atoms with Crippen molar-refractivity contribution in [3.05, 3.63) is 169 Å². The molecule has 0 bridgehead atoms. The van der Waals surface area contributed by atoms with Gasteiger partial charge in [0.2, 0.25) is 0 Å². The predicted molar refractivity (Wildman–Crippen MR) is 210 cm³/mol. The highest BCUT2D eigenvalue weighted by molar-refractivity contribution is 5.78. The first kappa shape index (κ1) is 32.5. The lowest BCUT2D eigenvalue weighted by molar-refractivity contribution is 0.874. The Hall–Kier alpha value is -6.66. The summed E-state index contributed by atoms with van der Waals surface area (Å²) in [5.41, 5.74) is 11.6. The van der Waals surface area contributed by atoms with Crippen LogP contribution in [-0.4, -0.2) is 29.9 Å². The van der Waals surface area contributed by atoms with Gasteiger partial charge in [-0.05, 0) is 54.8 Å². The van der Waals surface area contributed by atoms with E-state index in [0.717, 1.165) is 80.1 Å². The van der Waals surface area contributed by atoms with Gasteiger partial charge < -0.3 is 0 Å². The van der Waals surface area contributed by atoms with Crippen LogP contribution in [0.4, 0.5) is 0 Å². The van der Waals surface area contributed by atoms with E-state index in [-0.39, 0.29) is 0 Å². The van der Waals surface area contributed by atoms with Gasteiger partial charge in [0, 0.05) is 44.8 Å². The molecule has 6 heteroatoms. The van der Waals surface area contributed by atoms with Gasteiger partial charge in [-0.3, -0.25) is 4.98 Å². The van der Waals surface area contributed by atoms with E-state index in [1.165, 1.54) is 0 Å². The van der Waals surface area contributed by atoms with Crippen LogP contribution in [0.3, 0.4) is 0 Å². The van der Waals surface area contributed by atoms with E-state index in [0.29, 0.717) is 23.3 Å². The van der Waals surface area contributed by atoms with Crippen molar-refractivity contribution >= 4 is 0 Å². The van der Waals surface area contributed by atoms with Gasteiger partial charge in [0.1, 0.15) is 0 Å². The van der Waals surface area contributed by atoms with E-state index in [1.54, 1.807) is 0 Å². The van der Waals surface area contributed by atoms with Crippen LogP contribution in [0.2, 0.25) is 0 Å². The number of hydrogen-bond donors (Lipinski definition) is 0. The molecule has 52 heavy (non-hydrogen) atoms. The summed E-state index contributed by atoms with van der Waals surface area (Å²) in [4.78, 5) is 29.9. The van der Waals surface area contributed by atoms with Crippen LogP contribution in [0.1, 0.15) is 24.7 Å². The molecule has 0 N–H and O–H groups in total. The van der Waals surface area contributed by atoms with E-state index in [9.17, 15) is 0 Å². The molecule has 0 saturated carbocycles. The van der Waals surface area contributed by atoms with Crippen molar-refractivity contribution < 1.29 is 0 Å². The molecule has 8 aromatic rings. The molecule has 8 rings (SSSR count). The molecule has 3 heterocycles. The zero-order valence-electron chi connectivity index (χ0n) is 29.1. The molecule has 250 valence electrons. The first-order valence-corrected chi connectivity index (χ1v) is 17.6. The highest BCUT2D eigenvalue weighted by atomic mass is 15.0. The number of benzene rings is 5. The third-order valence-electron chi connectivity index (χ3n) is 9.00. The van der Waals surface area contributed by atoms with Crippen molar-refractivity contribution in [1.29, 1.82) is 0 Å². The molecular formula is C46H36N6. The summed E-state index contributed by atoms with van der Waals surface area (Å²) >= 11 is 0. The maximum Gasteiger partial charge on any atom is 0.165 e. The maximum atomic E-state index is 5.06. The predicted octanol–water partition coefficient (Wildman–Crippen LogP) is 11.0. The minimum atomic E-state index is 0.606. The lowest BCUT2D eigenvalue weighted by atomic mass is 9.99. The van der Waals surface area contributed by atoms with E-state index in [4.69, 9.17) is 29.9 Å². The molecule has 0 amide bonds. The van der Waals surface area contributed by atoms with Crippen LogP contribution in [0, 0.1) is 6.92 Å². The Kier molecular flexibility index (Phi) is 9.18. The molecule has 0 saturated heterocycles. The first-order chi connectivity index (χ1) is 25.6. The number of hydrogen-bond acceptors (Lipinski definition) is 6. The Balaban J connectivity index is 1.20. The number of aryl methyl sites for hydroxylation is 2. The van der Waals surface area contributed by atoms with Gasteiger partial charge in [-0.15, -0.1) is 0 Å². The van der Waals surface area contributed by atoms with Crippen molar-refractivity contribution in [3.63, 3.8) is 0 Å². The zero-order valence-corrected chi connectivity index (χ0v) is 29.1. The highest BCUT2D eigenvalue weighted by Crippen LogP contribution is 2.32. The van der Waals surface area contributed by atoms with Crippen LogP contribution in [0.5, 0.6) is 0 Å². The molecule has 0 radical (unpaired) electrons. The third kappa shape index (κ3) is 7.00. The molecule has 0 aliphatic carbocycles. The van der Waals surface area contributed by atoms with Gasteiger partial charge in [0.25, 0.3) is 0 Å². The molecule has 6 nitrogen and oxygen atoms in total. The van der Waals surface area contributed by atoms with Crippen LogP contribution in [0.25, 0.3) is 79.2 Å². The van der Waals surface area contributed by atoms with Crippen LogP contribution >= 0.6 is 0 Å². The number of aromatic nitrogens is 6. The van der Waals surface area contributed by atoms with E-state index in [1.807, 2.05) is 85.8 Å². The molecular weight excluding hydrogens is 637 g/mol. The van der Waals surface area contributed by atoms with Crippen LogP contribution < -0.4 is 0 Å². The zero-order chi connectivity index (χ0) is 35.3. The average Bonchev–Trinajstić information content (AvgIpc) is 3.22. The molecule has 0 aliphatic rings. The summed E-state index contributed by atoms with van der Waals surface area (Å²) in [6.07, 6.45) is 1.98. The van der Waals surface area contributed by atoms with Crippen molar-refractivity contribution in [1.82, 2.24) is 29.9 Å². The maximum absolute atomic E-state index is 5.06. The molecule has 0 aliphatic heterocycles. The number of nitrogens with zero attached hydrogens (tertiary/aromatic N) is 6. The minimum absolute atomic E-state index is 0.606. The van der Waals surface area contributed by atoms with Gasteiger partial charge in [-0.2, -0.15) is 0 Å². The van der Waals surface area contributed by atoms with Gasteiger partial charge in [-0.25, -0.2) is 24.9 Å². The Bertz CT molecular complexity index is 2420. The van der Waals surface area contributed by atoms with Gasteiger partial charge in [0.15, 0.2) is 23.3 Å². The quantitative estimate of drug-likeness (QED) is 0.152. The lowest BCUT2D eigenvalue weighted by Crippen LogP contribution is -2.02. The van der Waals surface area contributed by atoms with Gasteiger partial charge in [-0.1, -0.05) is 141 Å². The van der Waals surface area contributed by atoms with E-state index >= 15 is 0 Å². The van der Waals surface area contributed by atoms with Gasteiger partial charge in [0.05, 0.1) is 11.4 Å². The molecule has 0 unspecified atom stereocenters. The summed E-state index contributed by atoms with van der Waals surface area (Å²) in [7, 11) is 0. The fraction of sp³-hybridized carbons (Fsp3) is 0.0870. The topological polar surface area (TPSA) is 77.3 Å². The molecule has 5 aromatic carbocycles.